The van der Waals surface area contributed by atoms with E-state index in [2.05, 4.69) is 17.4 Å². The molecule has 1 rings (SSSR count). The van der Waals surface area contributed by atoms with E-state index >= 15 is 0 Å². The van der Waals surface area contributed by atoms with Gasteiger partial charge in [-0.3, -0.25) is 9.59 Å². The molecule has 0 aliphatic rings. The Balaban J connectivity index is 2.32. The molecule has 1 N–H and O–H groups in total. The molecule has 1 aromatic heterocycles. The summed E-state index contributed by atoms with van der Waals surface area (Å²) < 4.78 is 4.95. The first-order valence-electron chi connectivity index (χ1n) is 11.0. The fourth-order valence-electron chi connectivity index (χ4n) is 3.20. The van der Waals surface area contributed by atoms with Crippen LogP contribution in [-0.4, -0.2) is 34.5 Å². The van der Waals surface area contributed by atoms with Crippen LogP contribution >= 0.6 is 0 Å². The van der Waals surface area contributed by atoms with Gasteiger partial charge in [-0.1, -0.05) is 70.4 Å². The van der Waals surface area contributed by atoms with Crippen LogP contribution in [0.5, 0.6) is 0 Å². The number of nitrogens with one attached hydrogen (secondary N) is 1. The fourth-order valence-corrected chi connectivity index (χ4v) is 3.20. The minimum Gasteiger partial charge on any atom is -0.360 e. The largest absolute Gasteiger partial charge is 0.360 e. The second kappa shape index (κ2) is 14.2. The average Bonchev–Trinajstić information content (AvgIpc) is 3.08. The fraction of sp³-hybridized carbons (Fsp3) is 0.773. The lowest BCUT2D eigenvalue weighted by atomic mass is 10.1. The normalized spacial score (nSPS) is 12.0. The molecule has 1 atom stereocenters. The first-order chi connectivity index (χ1) is 13.5. The number of unbranched alkanes of at least 4 members (excludes halogenated alkanes) is 8. The predicted molar refractivity (Wildman–Crippen MR) is 113 cm³/mol. The molecule has 0 spiro atoms. The molecule has 0 aromatic carbocycles. The van der Waals surface area contributed by atoms with E-state index in [-0.39, 0.29) is 24.4 Å². The van der Waals surface area contributed by atoms with Crippen LogP contribution in [0.4, 0.5) is 5.82 Å². The number of carbonyl (C=O) groups excluding carboxylic acids is 2. The molecule has 0 radical (unpaired) electrons. The Morgan fingerprint density at radius 2 is 1.68 bits per heavy atom. The van der Waals surface area contributed by atoms with Gasteiger partial charge in [0.15, 0.2) is 5.82 Å². The van der Waals surface area contributed by atoms with E-state index in [0.717, 1.165) is 19.3 Å². The van der Waals surface area contributed by atoms with Crippen molar-refractivity contribution in [1.29, 1.82) is 0 Å². The van der Waals surface area contributed by atoms with E-state index < -0.39 is 0 Å². The van der Waals surface area contributed by atoms with Crippen molar-refractivity contribution in [1.82, 2.24) is 10.1 Å². The van der Waals surface area contributed by atoms with Crippen molar-refractivity contribution in [3.8, 4) is 0 Å². The molecular formula is C22H39N3O3. The van der Waals surface area contributed by atoms with E-state index in [1.54, 1.807) is 17.9 Å². The number of nitrogens with zero attached hydrogens (tertiary/aromatic N) is 2. The highest BCUT2D eigenvalue weighted by atomic mass is 16.5. The van der Waals surface area contributed by atoms with E-state index in [1.165, 1.54) is 44.9 Å². The molecule has 6 nitrogen and oxygen atoms in total. The van der Waals surface area contributed by atoms with E-state index in [9.17, 15) is 9.59 Å². The Bertz CT molecular complexity index is 571. The van der Waals surface area contributed by atoms with E-state index in [4.69, 9.17) is 4.52 Å². The van der Waals surface area contributed by atoms with Gasteiger partial charge in [0, 0.05) is 18.5 Å². The lowest BCUT2D eigenvalue weighted by molar-refractivity contribution is -0.136. The van der Waals surface area contributed by atoms with Gasteiger partial charge in [-0.05, 0) is 26.7 Å². The Hall–Kier alpha value is -1.85. The minimum absolute atomic E-state index is 0.0378. The molecule has 0 aliphatic heterocycles. The highest BCUT2D eigenvalue weighted by Gasteiger charge is 2.21. The van der Waals surface area contributed by atoms with Gasteiger partial charge in [-0.15, -0.1) is 0 Å². The lowest BCUT2D eigenvalue weighted by Crippen LogP contribution is -2.43. The first-order valence-corrected chi connectivity index (χ1v) is 11.0. The maximum atomic E-state index is 12.7. The van der Waals surface area contributed by atoms with Crippen molar-refractivity contribution in [2.24, 2.45) is 0 Å². The second-order valence-electron chi connectivity index (χ2n) is 7.73. The first kappa shape index (κ1) is 24.2. The number of carbonyl (C=O) groups is 2. The molecule has 160 valence electrons. The van der Waals surface area contributed by atoms with Gasteiger partial charge in [-0.25, -0.2) is 0 Å². The van der Waals surface area contributed by atoms with Crippen LogP contribution in [0, 0.1) is 6.92 Å². The Kier molecular flexibility index (Phi) is 12.3. The molecule has 28 heavy (non-hydrogen) atoms. The smallest absolute Gasteiger partial charge is 0.245 e. The summed E-state index contributed by atoms with van der Waals surface area (Å²) in [5, 5.41) is 6.46. The maximum absolute atomic E-state index is 12.7. The lowest BCUT2D eigenvalue weighted by Gasteiger charge is -2.28. The third-order valence-electron chi connectivity index (χ3n) is 5.15. The van der Waals surface area contributed by atoms with Gasteiger partial charge < -0.3 is 14.7 Å². The molecule has 0 unspecified atom stereocenters. The Morgan fingerprint density at radius 1 is 1.07 bits per heavy atom. The van der Waals surface area contributed by atoms with Gasteiger partial charge in [0.2, 0.25) is 11.8 Å². The summed E-state index contributed by atoms with van der Waals surface area (Å²) in [6.07, 6.45) is 12.3. The highest BCUT2D eigenvalue weighted by Crippen LogP contribution is 2.13. The monoisotopic (exact) mass is 393 g/mol. The summed E-state index contributed by atoms with van der Waals surface area (Å²) in [6.45, 7) is 8.07. The molecule has 0 saturated carbocycles. The molecule has 6 heteroatoms. The zero-order valence-corrected chi connectivity index (χ0v) is 18.3. The van der Waals surface area contributed by atoms with Crippen LogP contribution in [0.2, 0.25) is 0 Å². The number of hydrogen-bond acceptors (Lipinski definition) is 4. The molecule has 2 amide bonds. The van der Waals surface area contributed by atoms with Crippen LogP contribution in [0.3, 0.4) is 0 Å². The van der Waals surface area contributed by atoms with Gasteiger partial charge in [-0.2, -0.15) is 0 Å². The molecule has 0 bridgehead atoms. The van der Waals surface area contributed by atoms with E-state index in [0.29, 0.717) is 18.0 Å². The van der Waals surface area contributed by atoms with Gasteiger partial charge in [0.25, 0.3) is 0 Å². The molecular weight excluding hydrogens is 354 g/mol. The Morgan fingerprint density at radius 3 is 2.21 bits per heavy atom. The molecule has 0 saturated heterocycles. The quantitative estimate of drug-likeness (QED) is 0.401. The molecule has 0 fully saturated rings. The van der Waals surface area contributed by atoms with Crippen LogP contribution in [0.25, 0.3) is 0 Å². The number of aromatic nitrogens is 1. The summed E-state index contributed by atoms with van der Waals surface area (Å²) in [5.41, 5.74) is 0. The van der Waals surface area contributed by atoms with Gasteiger partial charge >= 0.3 is 0 Å². The van der Waals surface area contributed by atoms with E-state index in [1.807, 2.05) is 13.8 Å². The summed E-state index contributed by atoms with van der Waals surface area (Å²) in [4.78, 5) is 26.6. The van der Waals surface area contributed by atoms with Gasteiger partial charge in [0.05, 0.1) is 0 Å². The highest BCUT2D eigenvalue weighted by molar-refractivity contribution is 5.93. The van der Waals surface area contributed by atoms with Crippen molar-refractivity contribution in [3.63, 3.8) is 0 Å². The third-order valence-corrected chi connectivity index (χ3v) is 5.15. The van der Waals surface area contributed by atoms with Crippen molar-refractivity contribution < 1.29 is 14.1 Å². The minimum atomic E-state index is -0.242. The summed E-state index contributed by atoms with van der Waals surface area (Å²) in [5.74, 6) is 0.839. The number of rotatable bonds is 15. The number of aryl methyl sites for hydroxylation is 1. The second-order valence-corrected chi connectivity index (χ2v) is 7.73. The van der Waals surface area contributed by atoms with Crippen molar-refractivity contribution >= 4 is 17.6 Å². The SMILES string of the molecule is CCCCCCCCCCCC(=O)N(CC(=O)Nc1cc(C)on1)[C@H](C)CC. The average molecular weight is 394 g/mol. The zero-order chi connectivity index (χ0) is 20.8. The summed E-state index contributed by atoms with van der Waals surface area (Å²) >= 11 is 0. The van der Waals surface area contributed by atoms with Crippen LogP contribution in [0.15, 0.2) is 10.6 Å². The maximum Gasteiger partial charge on any atom is 0.245 e. The topological polar surface area (TPSA) is 75.4 Å². The number of amides is 2. The predicted octanol–water partition coefficient (Wildman–Crippen LogP) is 5.47. The standard InChI is InChI=1S/C22H39N3O3/c1-5-7-8-9-10-11-12-13-14-15-22(27)25(18(3)6-2)17-21(26)23-20-16-19(4)28-24-20/h16,18H,5-15,17H2,1-4H3,(H,23,24,26)/t18-/m1/s1. The molecule has 1 aromatic rings. The summed E-state index contributed by atoms with van der Waals surface area (Å²) in [6, 6.07) is 1.70. The van der Waals surface area contributed by atoms with Crippen molar-refractivity contribution in [2.75, 3.05) is 11.9 Å². The van der Waals surface area contributed by atoms with Crippen molar-refractivity contribution in [3.05, 3.63) is 11.8 Å². The Labute approximate surface area is 170 Å². The molecule has 1 heterocycles. The van der Waals surface area contributed by atoms with Crippen LogP contribution < -0.4 is 5.32 Å². The third kappa shape index (κ3) is 9.90. The zero-order valence-electron chi connectivity index (χ0n) is 18.3. The summed E-state index contributed by atoms with van der Waals surface area (Å²) in [7, 11) is 0. The van der Waals surface area contributed by atoms with Crippen molar-refractivity contribution in [2.45, 2.75) is 104 Å². The number of anilines is 1. The van der Waals surface area contributed by atoms with Crippen LogP contribution in [0.1, 0.15) is 97.2 Å². The van der Waals surface area contributed by atoms with Crippen LogP contribution in [-0.2, 0) is 9.59 Å². The molecule has 0 aliphatic carbocycles. The number of hydrogen-bond donors (Lipinski definition) is 1. The van der Waals surface area contributed by atoms with Gasteiger partial charge in [0.1, 0.15) is 12.3 Å².